The van der Waals surface area contributed by atoms with Crippen LogP contribution in [0.2, 0.25) is 0 Å². The van der Waals surface area contributed by atoms with Crippen molar-refractivity contribution in [1.82, 2.24) is 5.32 Å². The number of carbonyl (C=O) groups excluding carboxylic acids is 1. The van der Waals surface area contributed by atoms with Gasteiger partial charge in [0.05, 0.1) is 18.5 Å². The van der Waals surface area contributed by atoms with Gasteiger partial charge in [-0.15, -0.1) is 0 Å². The third-order valence-corrected chi connectivity index (χ3v) is 1.86. The second-order valence-corrected chi connectivity index (χ2v) is 2.79. The first-order valence-corrected chi connectivity index (χ1v) is 4.18. The molecule has 1 N–H and O–H groups in total. The molecule has 5 heteroatoms. The highest BCUT2D eigenvalue weighted by atomic mass is 16.5. The predicted octanol–water partition coefficient (Wildman–Crippen LogP) is 0.997. The van der Waals surface area contributed by atoms with E-state index in [1.807, 2.05) is 18.2 Å². The van der Waals surface area contributed by atoms with Gasteiger partial charge in [0.15, 0.2) is 0 Å². The van der Waals surface area contributed by atoms with Gasteiger partial charge in [-0.3, -0.25) is 5.32 Å². The molecule has 2 rings (SSSR count). The number of nitrogens with one attached hydrogen (secondary N) is 1. The first kappa shape index (κ1) is 8.68. The third-order valence-electron chi connectivity index (χ3n) is 1.86. The molecule has 72 valence electrons. The molecular formula is C9H9N3O2. The Kier molecular flexibility index (Phi) is 2.14. The SMILES string of the molecule is COC(=O)NC1=NC2=CC=CCC2=N1. The van der Waals surface area contributed by atoms with Crippen LogP contribution >= 0.6 is 0 Å². The van der Waals surface area contributed by atoms with E-state index < -0.39 is 6.09 Å². The molecule has 0 fully saturated rings. The number of fused-ring (bicyclic) bond motifs is 1. The van der Waals surface area contributed by atoms with Crippen LogP contribution in [0.3, 0.4) is 0 Å². The summed E-state index contributed by atoms with van der Waals surface area (Å²) in [5.74, 6) is 0.293. The van der Waals surface area contributed by atoms with Crippen molar-refractivity contribution in [2.45, 2.75) is 6.42 Å². The number of aliphatic imine (C=N–C) groups is 2. The minimum absolute atomic E-state index is 0.293. The Labute approximate surface area is 80.9 Å². The van der Waals surface area contributed by atoms with Crippen LogP contribution in [-0.2, 0) is 4.74 Å². The molecule has 1 heterocycles. The molecule has 0 saturated heterocycles. The third kappa shape index (κ3) is 1.56. The molecule has 0 unspecified atom stereocenters. The molecule has 0 spiro atoms. The number of alkyl carbamates (subject to hydrolysis) is 1. The van der Waals surface area contributed by atoms with Crippen molar-refractivity contribution in [1.29, 1.82) is 0 Å². The molecule has 0 aromatic carbocycles. The minimum Gasteiger partial charge on any atom is -0.453 e. The number of nitrogens with zero attached hydrogens (tertiary/aromatic N) is 2. The Morgan fingerprint density at radius 2 is 2.43 bits per heavy atom. The number of amides is 1. The number of guanidine groups is 1. The van der Waals surface area contributed by atoms with Crippen LogP contribution in [0, 0.1) is 0 Å². The molecule has 0 bridgehead atoms. The Morgan fingerprint density at radius 1 is 1.57 bits per heavy atom. The fraction of sp³-hybridized carbons (Fsp3) is 0.222. The lowest BCUT2D eigenvalue weighted by atomic mass is 10.1. The van der Waals surface area contributed by atoms with Gasteiger partial charge in [-0.1, -0.05) is 12.2 Å². The van der Waals surface area contributed by atoms with Crippen molar-refractivity contribution in [3.63, 3.8) is 0 Å². The number of rotatable bonds is 0. The standard InChI is InChI=1S/C9H9N3O2/c1-14-9(13)12-8-10-6-4-2-3-5-7(6)11-8/h2-4H,5H2,1H3,(H,10,12,13). The van der Waals surface area contributed by atoms with Crippen LogP contribution in [-0.4, -0.2) is 24.9 Å². The van der Waals surface area contributed by atoms with Crippen LogP contribution in [0.5, 0.6) is 0 Å². The molecule has 2 aliphatic rings. The van der Waals surface area contributed by atoms with E-state index in [2.05, 4.69) is 20.0 Å². The highest BCUT2D eigenvalue weighted by Crippen LogP contribution is 2.16. The van der Waals surface area contributed by atoms with E-state index in [4.69, 9.17) is 0 Å². The van der Waals surface area contributed by atoms with Crippen LogP contribution in [0.15, 0.2) is 33.9 Å². The summed E-state index contributed by atoms with van der Waals surface area (Å²) in [6, 6.07) is 0. The van der Waals surface area contributed by atoms with Gasteiger partial charge in [-0.2, -0.15) is 0 Å². The Hall–Kier alpha value is -1.91. The summed E-state index contributed by atoms with van der Waals surface area (Å²) < 4.78 is 4.43. The van der Waals surface area contributed by atoms with Crippen LogP contribution in [0.25, 0.3) is 0 Å². The van der Waals surface area contributed by atoms with Crippen LogP contribution in [0.4, 0.5) is 4.79 Å². The monoisotopic (exact) mass is 191 g/mol. The molecule has 1 aliphatic carbocycles. The quantitative estimate of drug-likeness (QED) is 0.620. The van der Waals surface area contributed by atoms with Crippen molar-refractivity contribution in [2.75, 3.05) is 7.11 Å². The van der Waals surface area contributed by atoms with Gasteiger partial charge in [0.1, 0.15) is 0 Å². The molecule has 0 radical (unpaired) electrons. The topological polar surface area (TPSA) is 63.0 Å². The summed E-state index contributed by atoms with van der Waals surface area (Å²) in [4.78, 5) is 19.1. The van der Waals surface area contributed by atoms with Crippen molar-refractivity contribution >= 4 is 17.8 Å². The fourth-order valence-corrected chi connectivity index (χ4v) is 1.21. The fourth-order valence-electron chi connectivity index (χ4n) is 1.21. The average Bonchev–Trinajstić information content (AvgIpc) is 2.59. The van der Waals surface area contributed by atoms with Crippen LogP contribution < -0.4 is 5.32 Å². The molecular weight excluding hydrogens is 182 g/mol. The zero-order valence-corrected chi connectivity index (χ0v) is 7.65. The zero-order valence-electron chi connectivity index (χ0n) is 7.65. The number of carbonyl (C=O) groups is 1. The lowest BCUT2D eigenvalue weighted by Crippen LogP contribution is -2.27. The maximum atomic E-state index is 10.9. The predicted molar refractivity (Wildman–Crippen MR) is 52.3 cm³/mol. The van der Waals surface area contributed by atoms with Crippen molar-refractivity contribution in [3.8, 4) is 0 Å². The van der Waals surface area contributed by atoms with Gasteiger partial charge >= 0.3 is 6.09 Å². The molecule has 0 saturated carbocycles. The maximum absolute atomic E-state index is 10.9. The normalized spacial score (nSPS) is 17.9. The lowest BCUT2D eigenvalue weighted by Gasteiger charge is -1.99. The van der Waals surface area contributed by atoms with E-state index in [0.29, 0.717) is 5.96 Å². The summed E-state index contributed by atoms with van der Waals surface area (Å²) in [6.07, 6.45) is 5.95. The maximum Gasteiger partial charge on any atom is 0.413 e. The van der Waals surface area contributed by atoms with E-state index in [-0.39, 0.29) is 0 Å². The smallest absolute Gasteiger partial charge is 0.413 e. The summed E-state index contributed by atoms with van der Waals surface area (Å²) in [7, 11) is 1.30. The number of hydrogen-bond acceptors (Lipinski definition) is 4. The molecule has 0 aromatic rings. The number of ether oxygens (including phenoxy) is 1. The molecule has 1 aliphatic heterocycles. The van der Waals surface area contributed by atoms with Crippen LogP contribution in [0.1, 0.15) is 6.42 Å². The van der Waals surface area contributed by atoms with E-state index in [9.17, 15) is 4.79 Å². The van der Waals surface area contributed by atoms with E-state index in [1.54, 1.807) is 0 Å². The first-order valence-electron chi connectivity index (χ1n) is 4.18. The second kappa shape index (κ2) is 3.45. The van der Waals surface area contributed by atoms with Crippen molar-refractivity contribution in [3.05, 3.63) is 23.9 Å². The highest BCUT2D eigenvalue weighted by Gasteiger charge is 2.17. The van der Waals surface area contributed by atoms with Crippen molar-refractivity contribution in [2.24, 2.45) is 9.98 Å². The molecule has 0 atom stereocenters. The number of methoxy groups -OCH3 is 1. The Morgan fingerprint density at radius 3 is 3.14 bits per heavy atom. The second-order valence-electron chi connectivity index (χ2n) is 2.79. The molecule has 1 amide bonds. The highest BCUT2D eigenvalue weighted by molar-refractivity contribution is 6.15. The van der Waals surface area contributed by atoms with E-state index in [0.717, 1.165) is 17.8 Å². The average molecular weight is 191 g/mol. The number of allylic oxidation sites excluding steroid dienone is 4. The Balaban J connectivity index is 2.12. The largest absolute Gasteiger partial charge is 0.453 e. The van der Waals surface area contributed by atoms with Gasteiger partial charge < -0.3 is 4.74 Å². The van der Waals surface area contributed by atoms with Gasteiger partial charge in [0.25, 0.3) is 0 Å². The summed E-state index contributed by atoms with van der Waals surface area (Å²) in [5.41, 5.74) is 1.68. The number of hydrogen-bond donors (Lipinski definition) is 1. The van der Waals surface area contributed by atoms with Crippen molar-refractivity contribution < 1.29 is 9.53 Å². The first-order chi connectivity index (χ1) is 6.79. The summed E-state index contributed by atoms with van der Waals surface area (Å²) in [6.45, 7) is 0. The lowest BCUT2D eigenvalue weighted by molar-refractivity contribution is 0.176. The molecule has 5 nitrogen and oxygen atoms in total. The van der Waals surface area contributed by atoms with Gasteiger partial charge in [0, 0.05) is 6.42 Å². The summed E-state index contributed by atoms with van der Waals surface area (Å²) >= 11 is 0. The Bertz CT molecular complexity index is 391. The minimum atomic E-state index is -0.555. The summed E-state index contributed by atoms with van der Waals surface area (Å²) in [5, 5.41) is 2.42. The molecule has 0 aromatic heterocycles. The van der Waals surface area contributed by atoms with Gasteiger partial charge in [-0.05, 0) is 6.08 Å². The zero-order chi connectivity index (χ0) is 9.97. The van der Waals surface area contributed by atoms with E-state index in [1.165, 1.54) is 7.11 Å². The van der Waals surface area contributed by atoms with Gasteiger partial charge in [-0.25, -0.2) is 14.8 Å². The molecule has 14 heavy (non-hydrogen) atoms. The van der Waals surface area contributed by atoms with E-state index >= 15 is 0 Å². The van der Waals surface area contributed by atoms with Gasteiger partial charge in [0.2, 0.25) is 5.96 Å².